The lowest BCUT2D eigenvalue weighted by Gasteiger charge is -2.14. The Bertz CT molecular complexity index is 1270. The average Bonchev–Trinajstić information content (AvgIpc) is 3.17. The molecular formula is C24H19ClF3N3S. The molecule has 1 aromatic heterocycles. The summed E-state index contributed by atoms with van der Waals surface area (Å²) in [6.45, 7) is 3.99. The summed E-state index contributed by atoms with van der Waals surface area (Å²) in [5.74, 6) is 0.894. The first-order valence-electron chi connectivity index (χ1n) is 9.81. The molecule has 0 fully saturated rings. The lowest BCUT2D eigenvalue weighted by Crippen LogP contribution is -2.05. The molecule has 32 heavy (non-hydrogen) atoms. The van der Waals surface area contributed by atoms with Crippen LogP contribution in [0.3, 0.4) is 0 Å². The van der Waals surface area contributed by atoms with Crippen LogP contribution in [0.25, 0.3) is 17.1 Å². The van der Waals surface area contributed by atoms with Gasteiger partial charge < -0.3 is 0 Å². The first-order chi connectivity index (χ1) is 15.2. The van der Waals surface area contributed by atoms with Gasteiger partial charge in [-0.05, 0) is 54.8 Å². The minimum Gasteiger partial charge on any atom is -0.270 e. The molecule has 0 aliphatic heterocycles. The summed E-state index contributed by atoms with van der Waals surface area (Å²) in [6.07, 6.45) is -4.38. The fourth-order valence-corrected chi connectivity index (χ4v) is 4.45. The Kier molecular flexibility index (Phi) is 6.31. The molecule has 0 spiro atoms. The smallest absolute Gasteiger partial charge is 0.270 e. The fraction of sp³-hybridized carbons (Fsp3) is 0.167. The van der Waals surface area contributed by atoms with E-state index in [1.54, 1.807) is 12.1 Å². The predicted octanol–water partition coefficient (Wildman–Crippen LogP) is 7.52. The molecule has 0 N–H and O–H groups in total. The maximum Gasteiger partial charge on any atom is 0.416 e. The number of benzene rings is 3. The molecule has 3 aromatic carbocycles. The van der Waals surface area contributed by atoms with Crippen LogP contribution in [0.4, 0.5) is 13.2 Å². The molecule has 4 rings (SSSR count). The number of hydrogen-bond acceptors (Lipinski definition) is 3. The molecule has 0 aliphatic carbocycles. The van der Waals surface area contributed by atoms with Crippen molar-refractivity contribution < 1.29 is 13.2 Å². The fourth-order valence-electron chi connectivity index (χ4n) is 3.34. The summed E-state index contributed by atoms with van der Waals surface area (Å²) >= 11 is 7.77. The van der Waals surface area contributed by atoms with Crippen LogP contribution >= 0.6 is 23.4 Å². The van der Waals surface area contributed by atoms with E-state index in [0.29, 0.717) is 27.3 Å². The van der Waals surface area contributed by atoms with Gasteiger partial charge in [-0.15, -0.1) is 10.2 Å². The van der Waals surface area contributed by atoms with E-state index in [1.165, 1.54) is 23.9 Å². The van der Waals surface area contributed by atoms with E-state index in [9.17, 15) is 13.2 Å². The highest BCUT2D eigenvalue weighted by molar-refractivity contribution is 7.98. The molecule has 0 atom stereocenters. The third-order valence-corrected chi connectivity index (χ3v) is 6.31. The van der Waals surface area contributed by atoms with Crippen molar-refractivity contribution in [3.05, 3.63) is 94.0 Å². The van der Waals surface area contributed by atoms with Crippen molar-refractivity contribution in [3.63, 3.8) is 0 Å². The number of thioether (sulfide) groups is 1. The molecule has 0 aliphatic rings. The monoisotopic (exact) mass is 473 g/mol. The first kappa shape index (κ1) is 22.4. The van der Waals surface area contributed by atoms with Crippen molar-refractivity contribution in [2.75, 3.05) is 0 Å². The zero-order chi connectivity index (χ0) is 22.9. The number of aryl methyl sites for hydroxylation is 2. The number of hydrogen-bond donors (Lipinski definition) is 0. The van der Waals surface area contributed by atoms with Gasteiger partial charge in [0.1, 0.15) is 0 Å². The number of alkyl halides is 3. The number of aromatic nitrogens is 3. The van der Waals surface area contributed by atoms with E-state index in [0.717, 1.165) is 28.4 Å². The van der Waals surface area contributed by atoms with Gasteiger partial charge in [-0.2, -0.15) is 13.2 Å². The zero-order valence-electron chi connectivity index (χ0n) is 17.3. The molecule has 3 nitrogen and oxygen atoms in total. The summed E-state index contributed by atoms with van der Waals surface area (Å²) in [6, 6.07) is 18.8. The van der Waals surface area contributed by atoms with Crippen molar-refractivity contribution in [2.24, 2.45) is 0 Å². The number of halogens is 4. The molecule has 0 saturated carbocycles. The van der Waals surface area contributed by atoms with Crippen LogP contribution in [0.15, 0.2) is 71.9 Å². The Balaban J connectivity index is 1.77. The van der Waals surface area contributed by atoms with Gasteiger partial charge in [0, 0.05) is 11.3 Å². The van der Waals surface area contributed by atoms with Crippen LogP contribution in [0.5, 0.6) is 0 Å². The van der Waals surface area contributed by atoms with Gasteiger partial charge in [-0.1, -0.05) is 65.8 Å². The minimum atomic E-state index is -4.38. The standard InChI is InChI=1S/C24H19ClF3N3S/c1-15-10-11-16(2)21(12-15)31-22(19-8-3-4-9-20(19)25)29-30-23(31)32-14-17-6-5-7-18(13-17)24(26,27)28/h3-13H,14H2,1-2H3. The molecular weight excluding hydrogens is 455 g/mol. The van der Waals surface area contributed by atoms with Crippen molar-refractivity contribution >= 4 is 23.4 Å². The van der Waals surface area contributed by atoms with E-state index in [-0.39, 0.29) is 0 Å². The molecule has 8 heteroatoms. The first-order valence-corrected chi connectivity index (χ1v) is 11.2. The predicted molar refractivity (Wildman–Crippen MR) is 122 cm³/mol. The maximum absolute atomic E-state index is 13.1. The van der Waals surface area contributed by atoms with Gasteiger partial charge >= 0.3 is 6.18 Å². The molecule has 0 unspecified atom stereocenters. The van der Waals surface area contributed by atoms with Crippen LogP contribution < -0.4 is 0 Å². The molecule has 0 bridgehead atoms. The normalized spacial score (nSPS) is 11.7. The lowest BCUT2D eigenvalue weighted by atomic mass is 10.1. The van der Waals surface area contributed by atoms with Crippen LogP contribution in [0.2, 0.25) is 5.02 Å². The van der Waals surface area contributed by atoms with Crippen LogP contribution in [0, 0.1) is 13.8 Å². The van der Waals surface area contributed by atoms with Gasteiger partial charge in [0.25, 0.3) is 0 Å². The Labute approximate surface area is 193 Å². The van der Waals surface area contributed by atoms with E-state index >= 15 is 0 Å². The van der Waals surface area contributed by atoms with Gasteiger partial charge in [0.05, 0.1) is 16.3 Å². The third kappa shape index (κ3) is 4.69. The average molecular weight is 474 g/mol. The van der Waals surface area contributed by atoms with Crippen molar-refractivity contribution in [3.8, 4) is 17.1 Å². The Morgan fingerprint density at radius 1 is 0.938 bits per heavy atom. The topological polar surface area (TPSA) is 30.7 Å². The number of nitrogens with zero attached hydrogens (tertiary/aromatic N) is 3. The Hall–Kier alpha value is -2.77. The van der Waals surface area contributed by atoms with Crippen LogP contribution in [0.1, 0.15) is 22.3 Å². The maximum atomic E-state index is 13.1. The summed E-state index contributed by atoms with van der Waals surface area (Å²) in [7, 11) is 0. The Morgan fingerprint density at radius 3 is 2.47 bits per heavy atom. The van der Waals surface area contributed by atoms with Gasteiger partial charge in [0.15, 0.2) is 11.0 Å². The second-order valence-corrected chi connectivity index (χ2v) is 8.75. The summed E-state index contributed by atoms with van der Waals surface area (Å²) in [5.41, 5.74) is 3.61. The van der Waals surface area contributed by atoms with Crippen molar-refractivity contribution in [1.82, 2.24) is 14.8 Å². The quantitative estimate of drug-likeness (QED) is 0.281. The van der Waals surface area contributed by atoms with Gasteiger partial charge in [0.2, 0.25) is 0 Å². The SMILES string of the molecule is Cc1ccc(C)c(-n2c(SCc3cccc(C(F)(F)F)c3)nnc2-c2ccccc2Cl)c1. The largest absolute Gasteiger partial charge is 0.416 e. The van der Waals surface area contributed by atoms with Gasteiger partial charge in [-0.3, -0.25) is 4.57 Å². The van der Waals surface area contributed by atoms with E-state index in [1.807, 2.05) is 54.8 Å². The van der Waals surface area contributed by atoms with Crippen LogP contribution in [-0.4, -0.2) is 14.8 Å². The molecule has 0 saturated heterocycles. The van der Waals surface area contributed by atoms with Crippen molar-refractivity contribution in [1.29, 1.82) is 0 Å². The highest BCUT2D eigenvalue weighted by Crippen LogP contribution is 2.35. The zero-order valence-corrected chi connectivity index (χ0v) is 18.9. The summed E-state index contributed by atoms with van der Waals surface area (Å²) < 4.78 is 41.2. The molecule has 0 radical (unpaired) electrons. The van der Waals surface area contributed by atoms with E-state index in [2.05, 4.69) is 10.2 Å². The second-order valence-electron chi connectivity index (χ2n) is 7.40. The Morgan fingerprint density at radius 2 is 1.72 bits per heavy atom. The minimum absolute atomic E-state index is 0.315. The molecule has 4 aromatic rings. The molecule has 1 heterocycles. The van der Waals surface area contributed by atoms with E-state index < -0.39 is 11.7 Å². The highest BCUT2D eigenvalue weighted by Gasteiger charge is 2.30. The van der Waals surface area contributed by atoms with Crippen molar-refractivity contribution in [2.45, 2.75) is 30.9 Å². The lowest BCUT2D eigenvalue weighted by molar-refractivity contribution is -0.137. The van der Waals surface area contributed by atoms with E-state index in [4.69, 9.17) is 11.6 Å². The van der Waals surface area contributed by atoms with Gasteiger partial charge in [-0.25, -0.2) is 0 Å². The molecule has 0 amide bonds. The summed E-state index contributed by atoms with van der Waals surface area (Å²) in [4.78, 5) is 0. The molecule has 164 valence electrons. The van der Waals surface area contributed by atoms with Crippen LogP contribution in [-0.2, 0) is 11.9 Å². The highest BCUT2D eigenvalue weighted by atomic mass is 35.5. The third-order valence-electron chi connectivity index (χ3n) is 4.98. The number of rotatable bonds is 5. The summed E-state index contributed by atoms with van der Waals surface area (Å²) in [5, 5.41) is 9.87. The second kappa shape index (κ2) is 9.00.